The van der Waals surface area contributed by atoms with Gasteiger partial charge in [-0.1, -0.05) is 0 Å². The Labute approximate surface area is 233 Å². The van der Waals surface area contributed by atoms with Gasteiger partial charge in [0.25, 0.3) is 5.91 Å². The second kappa shape index (κ2) is 11.5. The van der Waals surface area contributed by atoms with Gasteiger partial charge in [-0.3, -0.25) is 4.79 Å². The summed E-state index contributed by atoms with van der Waals surface area (Å²) < 4.78 is 14.6. The molecule has 0 aliphatic carbocycles. The molecule has 3 aliphatic rings. The van der Waals surface area contributed by atoms with E-state index in [9.17, 15) is 14.3 Å². The van der Waals surface area contributed by atoms with E-state index in [1.807, 2.05) is 25.3 Å². The van der Waals surface area contributed by atoms with Gasteiger partial charge < -0.3 is 30.5 Å². The van der Waals surface area contributed by atoms with Gasteiger partial charge in [-0.15, -0.1) is 0 Å². The standard InChI is InChI=1S/C29H37FN8O2/c1-18(39)17-37-10-5-19(6-11-37)20-7-12-38(13-8-20)21-2-3-26(32-15-21)35-29-33-16-23(30)27(36-29)25-14-22-24(34-25)4-9-31-28(22)40/h2-3,14-16,18-20,34,39H,4-13,17H2,1H3,(H,31,40)(H,32,33,35,36). The fourth-order valence-corrected chi connectivity index (χ4v) is 6.41. The van der Waals surface area contributed by atoms with Gasteiger partial charge in [-0.2, -0.15) is 0 Å². The van der Waals surface area contributed by atoms with E-state index in [4.69, 9.17) is 0 Å². The lowest BCUT2D eigenvalue weighted by Gasteiger charge is -2.41. The van der Waals surface area contributed by atoms with E-state index >= 15 is 0 Å². The first-order valence-electron chi connectivity index (χ1n) is 14.3. The number of rotatable bonds is 7. The largest absolute Gasteiger partial charge is 0.392 e. The number of halogens is 1. The lowest BCUT2D eigenvalue weighted by Crippen LogP contribution is -2.42. The highest BCUT2D eigenvalue weighted by molar-refractivity contribution is 5.97. The third-order valence-corrected chi connectivity index (χ3v) is 8.52. The molecule has 40 heavy (non-hydrogen) atoms. The van der Waals surface area contributed by atoms with Gasteiger partial charge in [-0.25, -0.2) is 19.3 Å². The van der Waals surface area contributed by atoms with Crippen LogP contribution in [0.25, 0.3) is 11.4 Å². The molecule has 0 bridgehead atoms. The number of aromatic nitrogens is 4. The van der Waals surface area contributed by atoms with Gasteiger partial charge in [0.2, 0.25) is 5.95 Å². The summed E-state index contributed by atoms with van der Waals surface area (Å²) in [5, 5.41) is 15.5. The van der Waals surface area contributed by atoms with Gasteiger partial charge in [0.15, 0.2) is 5.82 Å². The molecule has 10 nitrogen and oxygen atoms in total. The predicted molar refractivity (Wildman–Crippen MR) is 151 cm³/mol. The molecule has 0 spiro atoms. The second-order valence-corrected chi connectivity index (χ2v) is 11.3. The molecule has 1 unspecified atom stereocenters. The summed E-state index contributed by atoms with van der Waals surface area (Å²) in [5.41, 5.74) is 2.94. The molecule has 2 fully saturated rings. The highest BCUT2D eigenvalue weighted by Gasteiger charge is 2.30. The predicted octanol–water partition coefficient (Wildman–Crippen LogP) is 3.34. The number of nitrogens with one attached hydrogen (secondary N) is 3. The summed E-state index contributed by atoms with van der Waals surface area (Å²) in [6, 6.07) is 5.57. The first kappa shape index (κ1) is 26.6. The van der Waals surface area contributed by atoms with Crippen LogP contribution in [0, 0.1) is 17.7 Å². The summed E-state index contributed by atoms with van der Waals surface area (Å²) in [6.45, 7) is 7.44. The summed E-state index contributed by atoms with van der Waals surface area (Å²) in [7, 11) is 0. The highest BCUT2D eigenvalue weighted by atomic mass is 19.1. The Morgan fingerprint density at radius 1 is 1.10 bits per heavy atom. The van der Waals surface area contributed by atoms with Crippen LogP contribution in [0.15, 0.2) is 30.6 Å². The molecule has 2 saturated heterocycles. The topological polar surface area (TPSA) is 122 Å². The van der Waals surface area contributed by atoms with Gasteiger partial charge in [0, 0.05) is 38.3 Å². The maximum absolute atomic E-state index is 14.6. The Morgan fingerprint density at radius 2 is 1.85 bits per heavy atom. The quantitative estimate of drug-likeness (QED) is 0.355. The van der Waals surface area contributed by atoms with Crippen molar-refractivity contribution in [3.63, 3.8) is 0 Å². The Kier molecular flexibility index (Phi) is 7.66. The molecule has 1 atom stereocenters. The van der Waals surface area contributed by atoms with E-state index in [2.05, 4.69) is 40.4 Å². The zero-order valence-corrected chi connectivity index (χ0v) is 22.9. The summed E-state index contributed by atoms with van der Waals surface area (Å²) in [6.07, 6.45) is 8.24. The lowest BCUT2D eigenvalue weighted by atomic mass is 9.78. The van der Waals surface area contributed by atoms with Gasteiger partial charge >= 0.3 is 0 Å². The number of β-amino-alcohol motifs (C(OH)–C–C–N with tert-alkyl or cyclic N) is 1. The molecule has 3 aromatic rings. The number of anilines is 3. The minimum absolute atomic E-state index is 0.104. The SMILES string of the molecule is CC(O)CN1CCC(C2CCN(c3ccc(Nc4ncc(F)c(-c5cc6c([nH]5)CCNC6=O)n4)nc3)CC2)CC1. The Bertz CT molecular complexity index is 1330. The molecular formula is C29H37FN8O2. The number of piperidine rings is 2. The zero-order chi connectivity index (χ0) is 27.6. The fraction of sp³-hybridized carbons (Fsp3) is 0.517. The van der Waals surface area contributed by atoms with Crippen LogP contribution in [0.5, 0.6) is 0 Å². The molecule has 0 saturated carbocycles. The van der Waals surface area contributed by atoms with Crippen LogP contribution in [0.2, 0.25) is 0 Å². The Morgan fingerprint density at radius 3 is 2.52 bits per heavy atom. The zero-order valence-electron chi connectivity index (χ0n) is 22.9. The molecule has 3 aromatic heterocycles. The molecule has 0 radical (unpaired) electrons. The number of likely N-dealkylation sites (tertiary alicyclic amines) is 1. The van der Waals surface area contributed by atoms with Crippen LogP contribution >= 0.6 is 0 Å². The Hall–Kier alpha value is -3.57. The van der Waals surface area contributed by atoms with Gasteiger partial charge in [-0.05, 0) is 75.7 Å². The average molecular weight is 549 g/mol. The number of aliphatic hydroxyl groups excluding tert-OH is 1. The number of carbonyl (C=O) groups is 1. The number of aliphatic hydroxyl groups is 1. The smallest absolute Gasteiger partial charge is 0.253 e. The van der Waals surface area contributed by atoms with Gasteiger partial charge in [0.05, 0.1) is 35.4 Å². The van der Waals surface area contributed by atoms with Crippen molar-refractivity contribution in [2.45, 2.75) is 45.1 Å². The number of fused-ring (bicyclic) bond motifs is 1. The average Bonchev–Trinajstić information content (AvgIpc) is 3.40. The highest BCUT2D eigenvalue weighted by Crippen LogP contribution is 2.34. The fourth-order valence-electron chi connectivity index (χ4n) is 6.41. The van der Waals surface area contributed by atoms with Crippen LogP contribution in [0.4, 0.5) is 21.8 Å². The number of amides is 1. The summed E-state index contributed by atoms with van der Waals surface area (Å²) in [4.78, 5) is 33.0. The molecule has 212 valence electrons. The molecule has 3 aliphatic heterocycles. The maximum atomic E-state index is 14.6. The van der Waals surface area contributed by atoms with E-state index in [0.29, 0.717) is 30.0 Å². The Balaban J connectivity index is 1.05. The number of H-pyrrole nitrogens is 1. The monoisotopic (exact) mass is 548 g/mol. The molecule has 4 N–H and O–H groups in total. The molecule has 11 heteroatoms. The van der Waals surface area contributed by atoms with E-state index in [-0.39, 0.29) is 23.7 Å². The van der Waals surface area contributed by atoms with Crippen LogP contribution in [-0.4, -0.2) is 81.2 Å². The summed E-state index contributed by atoms with van der Waals surface area (Å²) in [5.74, 6) is 1.62. The maximum Gasteiger partial charge on any atom is 0.253 e. The number of aromatic amines is 1. The van der Waals surface area contributed by atoms with E-state index < -0.39 is 5.82 Å². The van der Waals surface area contributed by atoms with E-state index in [1.54, 1.807) is 6.07 Å². The van der Waals surface area contributed by atoms with Crippen LogP contribution < -0.4 is 15.5 Å². The van der Waals surface area contributed by atoms with Crippen LogP contribution in [0.1, 0.15) is 48.7 Å². The molecule has 0 aromatic carbocycles. The van der Waals surface area contributed by atoms with Crippen molar-refractivity contribution in [2.24, 2.45) is 11.8 Å². The van der Waals surface area contributed by atoms with E-state index in [1.165, 1.54) is 25.7 Å². The van der Waals surface area contributed by atoms with Crippen molar-refractivity contribution < 1.29 is 14.3 Å². The van der Waals surface area contributed by atoms with E-state index in [0.717, 1.165) is 62.1 Å². The minimum atomic E-state index is -0.568. The van der Waals surface area contributed by atoms with Crippen molar-refractivity contribution in [1.29, 1.82) is 0 Å². The number of hydrogen-bond donors (Lipinski definition) is 4. The third kappa shape index (κ3) is 5.80. The van der Waals surface area contributed by atoms with Crippen molar-refractivity contribution in [2.75, 3.05) is 49.5 Å². The number of hydrogen-bond acceptors (Lipinski definition) is 8. The molecule has 6 rings (SSSR count). The first-order chi connectivity index (χ1) is 19.4. The third-order valence-electron chi connectivity index (χ3n) is 8.52. The lowest BCUT2D eigenvalue weighted by molar-refractivity contribution is 0.0831. The number of carbonyl (C=O) groups excluding carboxylic acids is 1. The molecule has 1 amide bonds. The second-order valence-electron chi connectivity index (χ2n) is 11.3. The van der Waals surface area contributed by atoms with Crippen LogP contribution in [-0.2, 0) is 6.42 Å². The van der Waals surface area contributed by atoms with Crippen molar-refractivity contribution >= 4 is 23.4 Å². The van der Waals surface area contributed by atoms with Crippen molar-refractivity contribution in [3.05, 3.63) is 47.7 Å². The normalized spacial score (nSPS) is 19.8. The number of nitrogens with zero attached hydrogens (tertiary/aromatic N) is 5. The van der Waals surface area contributed by atoms with Crippen LogP contribution in [0.3, 0.4) is 0 Å². The van der Waals surface area contributed by atoms with Gasteiger partial charge in [0.1, 0.15) is 11.5 Å². The first-order valence-corrected chi connectivity index (χ1v) is 14.3. The minimum Gasteiger partial charge on any atom is -0.392 e. The number of pyridine rings is 1. The van der Waals surface area contributed by atoms with Crippen molar-refractivity contribution in [1.82, 2.24) is 30.2 Å². The summed E-state index contributed by atoms with van der Waals surface area (Å²) >= 11 is 0. The molecular weight excluding hydrogens is 511 g/mol. The van der Waals surface area contributed by atoms with Crippen molar-refractivity contribution in [3.8, 4) is 11.4 Å². The molecule has 6 heterocycles.